The van der Waals surface area contributed by atoms with Crippen LogP contribution in [0.15, 0.2) is 36.7 Å². The van der Waals surface area contributed by atoms with E-state index in [4.69, 9.17) is 10.5 Å². The number of anilines is 2. The van der Waals surface area contributed by atoms with Gasteiger partial charge in [0.05, 0.1) is 6.10 Å². The van der Waals surface area contributed by atoms with Crippen molar-refractivity contribution < 1.29 is 4.74 Å². The highest BCUT2D eigenvalue weighted by Gasteiger charge is 2.14. The Morgan fingerprint density at radius 1 is 1.19 bits per heavy atom. The zero-order chi connectivity index (χ0) is 15.2. The smallest absolute Gasteiger partial charge is 0.242 e. The minimum Gasteiger partial charge on any atom is -0.473 e. The van der Waals surface area contributed by atoms with Crippen LogP contribution < -0.4 is 15.4 Å². The number of nitrogens with two attached hydrogens (primary N) is 1. The predicted molar refractivity (Wildman–Crippen MR) is 85.6 cm³/mol. The second-order valence-corrected chi connectivity index (χ2v) is 5.24. The summed E-state index contributed by atoms with van der Waals surface area (Å²) in [6.07, 6.45) is 2.45. The molecular formula is C16H22N4O. The van der Waals surface area contributed by atoms with Gasteiger partial charge in [-0.1, -0.05) is 30.3 Å². The zero-order valence-electron chi connectivity index (χ0n) is 12.8. The molecule has 0 bridgehead atoms. The lowest BCUT2D eigenvalue weighted by atomic mass is 10.1. The number of rotatable bonds is 6. The number of benzene rings is 1. The first-order valence-corrected chi connectivity index (χ1v) is 7.10. The van der Waals surface area contributed by atoms with Gasteiger partial charge in [0.15, 0.2) is 5.82 Å². The summed E-state index contributed by atoms with van der Waals surface area (Å²) < 4.78 is 5.60. The van der Waals surface area contributed by atoms with Gasteiger partial charge in [0.1, 0.15) is 12.0 Å². The van der Waals surface area contributed by atoms with Crippen molar-refractivity contribution in [2.24, 2.45) is 0 Å². The van der Waals surface area contributed by atoms with Crippen LogP contribution in [0.5, 0.6) is 5.88 Å². The average Bonchev–Trinajstić information content (AvgIpc) is 2.47. The van der Waals surface area contributed by atoms with Gasteiger partial charge >= 0.3 is 0 Å². The third kappa shape index (κ3) is 4.08. The first kappa shape index (κ1) is 15.1. The van der Waals surface area contributed by atoms with Crippen molar-refractivity contribution in [2.45, 2.75) is 26.4 Å². The first-order chi connectivity index (χ1) is 10.1. The summed E-state index contributed by atoms with van der Waals surface area (Å²) in [5, 5.41) is 0. The molecule has 112 valence electrons. The van der Waals surface area contributed by atoms with Crippen LogP contribution in [-0.4, -0.2) is 29.7 Å². The molecule has 0 aliphatic carbocycles. The molecule has 1 aromatic carbocycles. The van der Waals surface area contributed by atoms with Crippen molar-refractivity contribution in [1.82, 2.24) is 9.97 Å². The third-order valence-electron chi connectivity index (χ3n) is 3.11. The summed E-state index contributed by atoms with van der Waals surface area (Å²) in [4.78, 5) is 10.4. The van der Waals surface area contributed by atoms with Crippen LogP contribution in [0.25, 0.3) is 0 Å². The summed E-state index contributed by atoms with van der Waals surface area (Å²) in [5.41, 5.74) is 7.89. The lowest BCUT2D eigenvalue weighted by molar-refractivity contribution is 0.234. The summed E-state index contributed by atoms with van der Waals surface area (Å²) >= 11 is 0. The lowest BCUT2D eigenvalue weighted by Crippen LogP contribution is -2.23. The van der Waals surface area contributed by atoms with Crippen LogP contribution in [0.4, 0.5) is 11.5 Å². The Balaban J connectivity index is 2.06. The average molecular weight is 286 g/mol. The van der Waals surface area contributed by atoms with Gasteiger partial charge in [0.25, 0.3) is 0 Å². The number of aromatic nitrogens is 2. The highest BCUT2D eigenvalue weighted by atomic mass is 16.5. The molecule has 2 aromatic rings. The van der Waals surface area contributed by atoms with E-state index in [1.165, 1.54) is 11.9 Å². The molecule has 2 N–H and O–H groups in total. The van der Waals surface area contributed by atoms with E-state index in [2.05, 4.69) is 22.1 Å². The fraction of sp³-hybridized carbons (Fsp3) is 0.375. The van der Waals surface area contributed by atoms with Crippen LogP contribution in [0.3, 0.4) is 0 Å². The molecule has 2 rings (SSSR count). The molecule has 0 aliphatic heterocycles. The molecule has 1 aromatic heterocycles. The van der Waals surface area contributed by atoms with Crippen LogP contribution in [0, 0.1) is 0 Å². The first-order valence-electron chi connectivity index (χ1n) is 7.10. The Kier molecular flexibility index (Phi) is 4.98. The SMILES string of the molecule is CC(C)Oc1ncnc(N(C)CCc2ccccc2)c1N. The van der Waals surface area contributed by atoms with E-state index >= 15 is 0 Å². The van der Waals surface area contributed by atoms with Crippen molar-refractivity contribution in [3.05, 3.63) is 42.2 Å². The van der Waals surface area contributed by atoms with E-state index in [-0.39, 0.29) is 6.10 Å². The van der Waals surface area contributed by atoms with E-state index in [1.54, 1.807) is 0 Å². The van der Waals surface area contributed by atoms with E-state index in [0.29, 0.717) is 17.4 Å². The number of nitrogen functional groups attached to an aromatic ring is 1. The molecule has 0 saturated carbocycles. The van der Waals surface area contributed by atoms with Crippen LogP contribution in [0.1, 0.15) is 19.4 Å². The summed E-state index contributed by atoms with van der Waals surface area (Å²) in [7, 11) is 1.97. The van der Waals surface area contributed by atoms with Gasteiger partial charge in [-0.2, -0.15) is 4.98 Å². The van der Waals surface area contributed by atoms with Crippen LogP contribution in [-0.2, 0) is 6.42 Å². The van der Waals surface area contributed by atoms with Gasteiger partial charge in [0.2, 0.25) is 5.88 Å². The van der Waals surface area contributed by atoms with Crippen LogP contribution in [0.2, 0.25) is 0 Å². The van der Waals surface area contributed by atoms with Gasteiger partial charge < -0.3 is 15.4 Å². The largest absolute Gasteiger partial charge is 0.473 e. The highest BCUT2D eigenvalue weighted by molar-refractivity contribution is 5.67. The number of nitrogens with zero attached hydrogens (tertiary/aromatic N) is 3. The maximum Gasteiger partial charge on any atom is 0.242 e. The monoisotopic (exact) mass is 286 g/mol. The summed E-state index contributed by atoms with van der Waals surface area (Å²) in [6.45, 7) is 4.72. The Morgan fingerprint density at radius 3 is 2.57 bits per heavy atom. The molecule has 0 aliphatic rings. The molecule has 0 radical (unpaired) electrons. The molecule has 1 heterocycles. The number of ether oxygens (including phenoxy) is 1. The highest BCUT2D eigenvalue weighted by Crippen LogP contribution is 2.27. The topological polar surface area (TPSA) is 64.3 Å². The van der Waals surface area contributed by atoms with E-state index in [1.807, 2.05) is 44.0 Å². The van der Waals surface area contributed by atoms with Gasteiger partial charge in [-0.25, -0.2) is 4.98 Å². The number of hydrogen-bond acceptors (Lipinski definition) is 5. The fourth-order valence-electron chi connectivity index (χ4n) is 2.04. The lowest BCUT2D eigenvalue weighted by Gasteiger charge is -2.21. The molecule has 0 saturated heterocycles. The maximum atomic E-state index is 6.11. The third-order valence-corrected chi connectivity index (χ3v) is 3.11. The Labute approximate surface area is 125 Å². The van der Waals surface area contributed by atoms with E-state index in [9.17, 15) is 0 Å². The molecule has 0 unspecified atom stereocenters. The second-order valence-electron chi connectivity index (χ2n) is 5.24. The molecule has 0 amide bonds. The standard InChI is InChI=1S/C16H22N4O/c1-12(2)21-16-14(17)15(18-11-19-16)20(3)10-9-13-7-5-4-6-8-13/h4-8,11-12H,9-10,17H2,1-3H3. The van der Waals surface area contributed by atoms with Gasteiger partial charge in [-0.05, 0) is 25.8 Å². The molecule has 0 spiro atoms. The zero-order valence-corrected chi connectivity index (χ0v) is 12.8. The van der Waals surface area contributed by atoms with Crippen molar-refractivity contribution in [3.8, 4) is 5.88 Å². The number of hydrogen-bond donors (Lipinski definition) is 1. The predicted octanol–water partition coefficient (Wildman–Crippen LogP) is 2.52. The Morgan fingerprint density at radius 2 is 1.90 bits per heavy atom. The van der Waals surface area contributed by atoms with Crippen molar-refractivity contribution in [2.75, 3.05) is 24.2 Å². The fourth-order valence-corrected chi connectivity index (χ4v) is 2.04. The molecule has 0 fully saturated rings. The quantitative estimate of drug-likeness (QED) is 0.884. The second kappa shape index (κ2) is 6.92. The van der Waals surface area contributed by atoms with Crippen molar-refractivity contribution in [1.29, 1.82) is 0 Å². The summed E-state index contributed by atoms with van der Waals surface area (Å²) in [5.74, 6) is 1.15. The van der Waals surface area contributed by atoms with Crippen molar-refractivity contribution >= 4 is 11.5 Å². The molecule has 0 atom stereocenters. The molecule has 21 heavy (non-hydrogen) atoms. The van der Waals surface area contributed by atoms with Gasteiger partial charge in [-0.3, -0.25) is 0 Å². The maximum absolute atomic E-state index is 6.11. The van der Waals surface area contributed by atoms with Gasteiger partial charge in [0, 0.05) is 13.6 Å². The van der Waals surface area contributed by atoms with Crippen LogP contribution >= 0.6 is 0 Å². The summed E-state index contributed by atoms with van der Waals surface area (Å²) in [6, 6.07) is 10.3. The van der Waals surface area contributed by atoms with E-state index in [0.717, 1.165) is 13.0 Å². The number of likely N-dealkylation sites (N-methyl/N-ethyl adjacent to an activating group) is 1. The Hall–Kier alpha value is -2.30. The van der Waals surface area contributed by atoms with Gasteiger partial charge in [-0.15, -0.1) is 0 Å². The minimum atomic E-state index is 0.0321. The molecule has 5 heteroatoms. The minimum absolute atomic E-state index is 0.0321. The van der Waals surface area contributed by atoms with E-state index < -0.39 is 0 Å². The molecular weight excluding hydrogens is 264 g/mol. The normalized spacial score (nSPS) is 10.7. The Bertz CT molecular complexity index is 572. The van der Waals surface area contributed by atoms with Crippen molar-refractivity contribution in [3.63, 3.8) is 0 Å². The molecule has 5 nitrogen and oxygen atoms in total.